The third-order valence-corrected chi connectivity index (χ3v) is 8.04. The van der Waals surface area contributed by atoms with Crippen molar-refractivity contribution in [2.75, 3.05) is 24.5 Å². The number of nitrogens with zero attached hydrogens (tertiary/aromatic N) is 2. The first kappa shape index (κ1) is 20.6. The number of carbonyl (C=O) groups is 2. The number of amides is 2. The van der Waals surface area contributed by atoms with E-state index in [0.29, 0.717) is 5.69 Å². The van der Waals surface area contributed by atoms with Crippen molar-refractivity contribution >= 4 is 39.3 Å². The van der Waals surface area contributed by atoms with E-state index in [2.05, 4.69) is 32.7 Å². The van der Waals surface area contributed by atoms with E-state index in [4.69, 9.17) is 4.98 Å². The van der Waals surface area contributed by atoms with E-state index in [0.717, 1.165) is 58.3 Å². The average Bonchev–Trinajstić information content (AvgIpc) is 3.33. The standard InChI is InChI=1S/C28H27N5O2/c1-16-5-4-8-19-20(14-29-24(16)19)22-23(27(35)32-26(22)34)25-18-7-3-2-6-17(18)13-21(31-25)33-12-11-30-28(15-33)9-10-28/h2-8,13-14,22-23,29-30H,9-12,15H2,1H3,(H,32,34,35). The van der Waals surface area contributed by atoms with Gasteiger partial charge in [0, 0.05) is 47.7 Å². The largest absolute Gasteiger partial charge is 0.361 e. The van der Waals surface area contributed by atoms with Crippen molar-refractivity contribution in [2.24, 2.45) is 0 Å². The quantitative estimate of drug-likeness (QED) is 0.403. The van der Waals surface area contributed by atoms with Gasteiger partial charge in [0.05, 0.1) is 17.5 Å². The highest BCUT2D eigenvalue weighted by atomic mass is 16.2. The first-order valence-electron chi connectivity index (χ1n) is 12.3. The molecule has 1 saturated carbocycles. The zero-order valence-corrected chi connectivity index (χ0v) is 19.6. The van der Waals surface area contributed by atoms with Crippen molar-refractivity contribution in [3.05, 3.63) is 71.5 Å². The first-order valence-corrected chi connectivity index (χ1v) is 12.3. The number of imide groups is 1. The SMILES string of the molecule is Cc1cccc2c(C3C(=O)NC(=O)C3c3nc(N4CCNC5(CC5)C4)cc4ccccc34)c[nH]c12. The summed E-state index contributed by atoms with van der Waals surface area (Å²) in [6, 6.07) is 16.2. The number of rotatable bonds is 3. The fourth-order valence-corrected chi connectivity index (χ4v) is 6.02. The molecule has 3 N–H and O–H groups in total. The number of fused-ring (bicyclic) bond motifs is 2. The summed E-state index contributed by atoms with van der Waals surface area (Å²) in [7, 11) is 0. The molecule has 2 aromatic heterocycles. The minimum atomic E-state index is -0.690. The number of para-hydroxylation sites is 1. The lowest BCUT2D eigenvalue weighted by Crippen LogP contribution is -2.52. The highest BCUT2D eigenvalue weighted by Crippen LogP contribution is 2.44. The molecule has 7 rings (SSSR count). The molecule has 2 aliphatic heterocycles. The van der Waals surface area contributed by atoms with Crippen molar-refractivity contribution in [1.29, 1.82) is 0 Å². The minimum absolute atomic E-state index is 0.205. The number of hydrogen-bond acceptors (Lipinski definition) is 5. The molecule has 3 fully saturated rings. The summed E-state index contributed by atoms with van der Waals surface area (Å²) in [5.74, 6) is -0.993. The van der Waals surface area contributed by atoms with E-state index >= 15 is 0 Å². The average molecular weight is 466 g/mol. The fourth-order valence-electron chi connectivity index (χ4n) is 6.02. The van der Waals surface area contributed by atoms with E-state index < -0.39 is 11.8 Å². The van der Waals surface area contributed by atoms with E-state index in [1.165, 1.54) is 12.8 Å². The van der Waals surface area contributed by atoms with Crippen LogP contribution in [0.2, 0.25) is 0 Å². The van der Waals surface area contributed by atoms with Gasteiger partial charge in [0.25, 0.3) is 0 Å². The molecule has 2 aromatic carbocycles. The second-order valence-electron chi connectivity index (χ2n) is 10.3. The van der Waals surface area contributed by atoms with Crippen LogP contribution in [0.15, 0.2) is 54.7 Å². The summed E-state index contributed by atoms with van der Waals surface area (Å²) < 4.78 is 0. The Kier molecular flexibility index (Phi) is 4.36. The van der Waals surface area contributed by atoms with Crippen molar-refractivity contribution in [3.63, 3.8) is 0 Å². The number of pyridine rings is 1. The number of aryl methyl sites for hydroxylation is 1. The van der Waals surface area contributed by atoms with E-state index in [9.17, 15) is 9.59 Å². The summed E-state index contributed by atoms with van der Waals surface area (Å²) in [6.45, 7) is 4.74. The van der Waals surface area contributed by atoms with Crippen LogP contribution < -0.4 is 15.5 Å². The predicted octanol–water partition coefficient (Wildman–Crippen LogP) is 3.49. The second-order valence-corrected chi connectivity index (χ2v) is 10.3. The molecule has 3 aliphatic rings. The number of hydrogen-bond donors (Lipinski definition) is 3. The van der Waals surface area contributed by atoms with Gasteiger partial charge >= 0.3 is 0 Å². The monoisotopic (exact) mass is 465 g/mol. The Balaban J connectivity index is 1.39. The molecular weight excluding hydrogens is 438 g/mol. The predicted molar refractivity (Wildman–Crippen MR) is 136 cm³/mol. The second kappa shape index (κ2) is 7.39. The van der Waals surface area contributed by atoms with Crippen LogP contribution in [-0.2, 0) is 9.59 Å². The van der Waals surface area contributed by atoms with Crippen LogP contribution in [0.1, 0.15) is 41.5 Å². The number of H-pyrrole nitrogens is 1. The molecule has 2 amide bonds. The lowest BCUT2D eigenvalue weighted by atomic mass is 9.83. The van der Waals surface area contributed by atoms with Crippen LogP contribution in [-0.4, -0.2) is 47.0 Å². The summed E-state index contributed by atoms with van der Waals surface area (Å²) in [4.78, 5) is 37.3. The van der Waals surface area contributed by atoms with Gasteiger partial charge in [-0.15, -0.1) is 0 Å². The number of piperazine rings is 1. The van der Waals surface area contributed by atoms with Gasteiger partial charge in [-0.1, -0.05) is 42.5 Å². The first-order chi connectivity index (χ1) is 17.0. The summed E-state index contributed by atoms with van der Waals surface area (Å²) in [5, 5.41) is 9.20. The number of carbonyl (C=O) groups excluding carboxylic acids is 2. The van der Waals surface area contributed by atoms with Crippen molar-refractivity contribution in [3.8, 4) is 0 Å². The van der Waals surface area contributed by atoms with Crippen LogP contribution in [0.5, 0.6) is 0 Å². The maximum Gasteiger partial charge on any atom is 0.236 e. The molecule has 0 radical (unpaired) electrons. The Morgan fingerprint density at radius 1 is 1.00 bits per heavy atom. The zero-order chi connectivity index (χ0) is 23.7. The van der Waals surface area contributed by atoms with E-state index in [1.807, 2.05) is 49.5 Å². The van der Waals surface area contributed by atoms with Crippen LogP contribution in [0.25, 0.3) is 21.7 Å². The molecule has 1 aliphatic carbocycles. The minimum Gasteiger partial charge on any atom is -0.361 e. The van der Waals surface area contributed by atoms with Crippen LogP contribution >= 0.6 is 0 Å². The Morgan fingerprint density at radius 3 is 2.66 bits per heavy atom. The van der Waals surface area contributed by atoms with Crippen LogP contribution in [0.3, 0.4) is 0 Å². The lowest BCUT2D eigenvalue weighted by molar-refractivity contribution is -0.125. The van der Waals surface area contributed by atoms with Gasteiger partial charge in [-0.3, -0.25) is 14.9 Å². The van der Waals surface area contributed by atoms with Gasteiger partial charge in [-0.25, -0.2) is 4.98 Å². The number of anilines is 1. The molecule has 0 bridgehead atoms. The third-order valence-electron chi connectivity index (χ3n) is 8.04. The lowest BCUT2D eigenvalue weighted by Gasteiger charge is -2.35. The Bertz CT molecular complexity index is 1520. The van der Waals surface area contributed by atoms with Gasteiger partial charge in [-0.05, 0) is 42.3 Å². The number of benzene rings is 2. The molecule has 1 spiro atoms. The number of aromatic amines is 1. The van der Waals surface area contributed by atoms with Crippen LogP contribution in [0.4, 0.5) is 5.82 Å². The normalized spacial score (nSPS) is 23.4. The van der Waals surface area contributed by atoms with Gasteiger partial charge in [-0.2, -0.15) is 0 Å². The van der Waals surface area contributed by atoms with E-state index in [-0.39, 0.29) is 17.4 Å². The van der Waals surface area contributed by atoms with E-state index in [1.54, 1.807) is 0 Å². The van der Waals surface area contributed by atoms with Gasteiger partial charge < -0.3 is 15.2 Å². The molecule has 2 saturated heterocycles. The highest BCUT2D eigenvalue weighted by molar-refractivity contribution is 6.13. The van der Waals surface area contributed by atoms with Gasteiger partial charge in [0.2, 0.25) is 11.8 Å². The molecule has 7 heteroatoms. The van der Waals surface area contributed by atoms with Gasteiger partial charge in [0.15, 0.2) is 0 Å². The molecule has 4 aromatic rings. The Labute approximate surface area is 202 Å². The van der Waals surface area contributed by atoms with Crippen molar-refractivity contribution in [2.45, 2.75) is 37.1 Å². The smallest absolute Gasteiger partial charge is 0.236 e. The molecule has 176 valence electrons. The topological polar surface area (TPSA) is 90.1 Å². The van der Waals surface area contributed by atoms with Crippen molar-refractivity contribution in [1.82, 2.24) is 20.6 Å². The Hall–Kier alpha value is -3.71. The maximum atomic E-state index is 13.3. The molecule has 7 nitrogen and oxygen atoms in total. The summed E-state index contributed by atoms with van der Waals surface area (Å²) in [6.07, 6.45) is 4.25. The molecule has 2 unspecified atom stereocenters. The fraction of sp³-hybridized carbons (Fsp3) is 0.321. The number of aromatic nitrogens is 2. The van der Waals surface area contributed by atoms with Gasteiger partial charge in [0.1, 0.15) is 5.82 Å². The maximum absolute atomic E-state index is 13.3. The number of nitrogens with one attached hydrogen (secondary N) is 3. The van der Waals surface area contributed by atoms with Crippen LogP contribution in [0, 0.1) is 6.92 Å². The molecule has 2 atom stereocenters. The summed E-state index contributed by atoms with van der Waals surface area (Å²) >= 11 is 0. The highest BCUT2D eigenvalue weighted by Gasteiger charge is 2.48. The zero-order valence-electron chi connectivity index (χ0n) is 19.6. The summed E-state index contributed by atoms with van der Waals surface area (Å²) in [5.41, 5.74) is 3.82. The molecular formula is C28H27N5O2. The third kappa shape index (κ3) is 3.18. The molecule has 35 heavy (non-hydrogen) atoms. The molecule has 4 heterocycles. The van der Waals surface area contributed by atoms with Crippen molar-refractivity contribution < 1.29 is 9.59 Å². The Morgan fingerprint density at radius 2 is 1.80 bits per heavy atom.